The van der Waals surface area contributed by atoms with Crippen LogP contribution in [0.5, 0.6) is 0 Å². The van der Waals surface area contributed by atoms with Gasteiger partial charge in [0.1, 0.15) is 0 Å². The lowest BCUT2D eigenvalue weighted by atomic mass is 10.2. The molecule has 84 valence electrons. The molecule has 0 aromatic carbocycles. The number of rotatable bonds is 3. The third kappa shape index (κ3) is 3.28. The van der Waals surface area contributed by atoms with Gasteiger partial charge in [-0.15, -0.1) is 0 Å². The van der Waals surface area contributed by atoms with Gasteiger partial charge in [-0.1, -0.05) is 5.92 Å². The maximum absolute atomic E-state index is 11.2. The average Bonchev–Trinajstić information content (AvgIpc) is 2.27. The van der Waals surface area contributed by atoms with Crippen molar-refractivity contribution in [2.24, 2.45) is 0 Å². The maximum Gasteiger partial charge on any atom is 0.296 e. The Morgan fingerprint density at radius 2 is 2.31 bits per heavy atom. The number of hydrogen-bond donors (Lipinski definition) is 1. The highest BCUT2D eigenvalue weighted by atomic mass is 16.1. The number of aromatic nitrogens is 1. The van der Waals surface area contributed by atoms with E-state index in [1.54, 1.807) is 13.1 Å². The van der Waals surface area contributed by atoms with Crippen molar-refractivity contribution in [2.75, 3.05) is 19.0 Å². The van der Waals surface area contributed by atoms with E-state index in [1.807, 2.05) is 31.1 Å². The van der Waals surface area contributed by atoms with E-state index in [1.165, 1.54) is 0 Å². The standard InChI is InChI=1S/C12H15N3O/c1-4-6-12(16)14-9-10-11(15(2)3)7-5-8-13-10/h5,7-8H,9H2,1-3H3,(H,14,16). The number of carbonyl (C=O) groups excluding carboxylic acids is 1. The second-order valence-corrected chi connectivity index (χ2v) is 3.42. The number of pyridine rings is 1. The predicted octanol–water partition coefficient (Wildman–Crippen LogP) is 0.787. The molecule has 1 heterocycles. The molecule has 0 aliphatic rings. The second-order valence-electron chi connectivity index (χ2n) is 3.42. The van der Waals surface area contributed by atoms with E-state index in [0.29, 0.717) is 6.54 Å². The first-order valence-corrected chi connectivity index (χ1v) is 4.97. The lowest BCUT2D eigenvalue weighted by Gasteiger charge is -2.16. The van der Waals surface area contributed by atoms with Crippen LogP contribution in [0.15, 0.2) is 18.3 Å². The first-order valence-electron chi connectivity index (χ1n) is 4.97. The zero-order chi connectivity index (χ0) is 12.0. The quantitative estimate of drug-likeness (QED) is 0.761. The minimum atomic E-state index is -0.280. The number of nitrogens with one attached hydrogen (secondary N) is 1. The molecule has 0 atom stereocenters. The Hall–Kier alpha value is -2.02. The van der Waals surface area contributed by atoms with Crippen molar-refractivity contribution < 1.29 is 4.79 Å². The van der Waals surface area contributed by atoms with Gasteiger partial charge in [-0.2, -0.15) is 0 Å². The fourth-order valence-electron chi connectivity index (χ4n) is 1.29. The zero-order valence-electron chi connectivity index (χ0n) is 9.74. The van der Waals surface area contributed by atoms with Gasteiger partial charge in [0.05, 0.1) is 17.9 Å². The summed E-state index contributed by atoms with van der Waals surface area (Å²) in [6, 6.07) is 3.83. The molecule has 1 N–H and O–H groups in total. The van der Waals surface area contributed by atoms with Gasteiger partial charge in [0, 0.05) is 20.3 Å². The van der Waals surface area contributed by atoms with Crippen molar-refractivity contribution in [1.29, 1.82) is 0 Å². The van der Waals surface area contributed by atoms with Crippen LogP contribution in [0.1, 0.15) is 12.6 Å². The summed E-state index contributed by atoms with van der Waals surface area (Å²) >= 11 is 0. The molecule has 0 aliphatic heterocycles. The van der Waals surface area contributed by atoms with E-state index in [2.05, 4.69) is 22.1 Å². The Morgan fingerprint density at radius 3 is 2.94 bits per heavy atom. The molecular weight excluding hydrogens is 202 g/mol. The van der Waals surface area contributed by atoms with E-state index in [0.717, 1.165) is 11.4 Å². The number of amides is 1. The summed E-state index contributed by atoms with van der Waals surface area (Å²) in [5.74, 6) is 4.69. The number of nitrogens with zero attached hydrogens (tertiary/aromatic N) is 2. The lowest BCUT2D eigenvalue weighted by Crippen LogP contribution is -2.23. The summed E-state index contributed by atoms with van der Waals surface area (Å²) in [5, 5.41) is 2.69. The Labute approximate surface area is 95.7 Å². The van der Waals surface area contributed by atoms with Crippen LogP contribution in [0, 0.1) is 11.8 Å². The van der Waals surface area contributed by atoms with Crippen molar-refractivity contribution in [3.63, 3.8) is 0 Å². The van der Waals surface area contributed by atoms with Crippen molar-refractivity contribution >= 4 is 11.6 Å². The van der Waals surface area contributed by atoms with E-state index in [4.69, 9.17) is 0 Å². The number of carbonyl (C=O) groups is 1. The van der Waals surface area contributed by atoms with Gasteiger partial charge in [-0.05, 0) is 25.0 Å². The Bertz CT molecular complexity index is 429. The van der Waals surface area contributed by atoms with Gasteiger partial charge >= 0.3 is 0 Å². The van der Waals surface area contributed by atoms with Crippen LogP contribution in [0.2, 0.25) is 0 Å². The molecule has 0 spiro atoms. The highest BCUT2D eigenvalue weighted by Gasteiger charge is 2.05. The monoisotopic (exact) mass is 217 g/mol. The molecule has 1 aromatic heterocycles. The molecule has 0 unspecified atom stereocenters. The first-order chi connectivity index (χ1) is 7.65. The molecule has 0 aliphatic carbocycles. The molecule has 0 saturated heterocycles. The summed E-state index contributed by atoms with van der Waals surface area (Å²) < 4.78 is 0. The van der Waals surface area contributed by atoms with Gasteiger partial charge in [0.2, 0.25) is 0 Å². The number of anilines is 1. The highest BCUT2D eigenvalue weighted by molar-refractivity contribution is 5.93. The molecule has 1 amide bonds. The summed E-state index contributed by atoms with van der Waals surface area (Å²) in [6.07, 6.45) is 1.71. The molecule has 4 nitrogen and oxygen atoms in total. The Balaban J connectivity index is 2.72. The first kappa shape index (κ1) is 12.1. The summed E-state index contributed by atoms with van der Waals surface area (Å²) in [5.41, 5.74) is 1.83. The van der Waals surface area contributed by atoms with E-state index < -0.39 is 0 Å². The topological polar surface area (TPSA) is 45.2 Å². The smallest absolute Gasteiger partial charge is 0.296 e. The molecule has 4 heteroatoms. The maximum atomic E-state index is 11.2. The van der Waals surface area contributed by atoms with Gasteiger partial charge in [0.25, 0.3) is 5.91 Å². The van der Waals surface area contributed by atoms with Crippen LogP contribution in [0.3, 0.4) is 0 Å². The Kier molecular flexibility index (Phi) is 4.34. The van der Waals surface area contributed by atoms with E-state index >= 15 is 0 Å². The van der Waals surface area contributed by atoms with Crippen LogP contribution < -0.4 is 10.2 Å². The molecule has 0 radical (unpaired) electrons. The predicted molar refractivity (Wildman–Crippen MR) is 63.9 cm³/mol. The van der Waals surface area contributed by atoms with Crippen molar-refractivity contribution in [3.05, 3.63) is 24.0 Å². The van der Waals surface area contributed by atoms with Gasteiger partial charge in [-0.25, -0.2) is 0 Å². The van der Waals surface area contributed by atoms with Crippen molar-refractivity contribution in [3.8, 4) is 11.8 Å². The third-order valence-corrected chi connectivity index (χ3v) is 2.00. The average molecular weight is 217 g/mol. The van der Waals surface area contributed by atoms with Crippen molar-refractivity contribution in [1.82, 2.24) is 10.3 Å². The molecule has 16 heavy (non-hydrogen) atoms. The molecule has 0 fully saturated rings. The van der Waals surface area contributed by atoms with E-state index in [9.17, 15) is 4.79 Å². The number of hydrogen-bond acceptors (Lipinski definition) is 3. The van der Waals surface area contributed by atoms with Gasteiger partial charge < -0.3 is 10.2 Å². The normalized spacial score (nSPS) is 8.94. The highest BCUT2D eigenvalue weighted by Crippen LogP contribution is 2.14. The second kappa shape index (κ2) is 5.76. The van der Waals surface area contributed by atoms with Crippen molar-refractivity contribution in [2.45, 2.75) is 13.5 Å². The van der Waals surface area contributed by atoms with Crippen LogP contribution >= 0.6 is 0 Å². The summed E-state index contributed by atoms with van der Waals surface area (Å²) in [6.45, 7) is 2.02. The molecule has 1 aromatic rings. The van der Waals surface area contributed by atoms with Crippen LogP contribution in [0.25, 0.3) is 0 Å². The third-order valence-electron chi connectivity index (χ3n) is 2.00. The minimum absolute atomic E-state index is 0.280. The summed E-state index contributed by atoms with van der Waals surface area (Å²) in [7, 11) is 3.88. The molecular formula is C12H15N3O. The largest absolute Gasteiger partial charge is 0.376 e. The molecule has 0 bridgehead atoms. The van der Waals surface area contributed by atoms with Gasteiger partial charge in [-0.3, -0.25) is 9.78 Å². The fraction of sp³-hybridized carbons (Fsp3) is 0.333. The lowest BCUT2D eigenvalue weighted by molar-refractivity contribution is -0.115. The summed E-state index contributed by atoms with van der Waals surface area (Å²) in [4.78, 5) is 17.4. The molecule has 0 saturated carbocycles. The SMILES string of the molecule is CC#CC(=O)NCc1ncccc1N(C)C. The van der Waals surface area contributed by atoms with Crippen LogP contribution in [-0.2, 0) is 11.3 Å². The van der Waals surface area contributed by atoms with E-state index in [-0.39, 0.29) is 5.91 Å². The van der Waals surface area contributed by atoms with Gasteiger partial charge in [0.15, 0.2) is 0 Å². The van der Waals surface area contributed by atoms with Crippen LogP contribution in [0.4, 0.5) is 5.69 Å². The van der Waals surface area contributed by atoms with Crippen LogP contribution in [-0.4, -0.2) is 25.0 Å². The fourth-order valence-corrected chi connectivity index (χ4v) is 1.29. The Morgan fingerprint density at radius 1 is 1.56 bits per heavy atom. The zero-order valence-corrected chi connectivity index (χ0v) is 9.74. The minimum Gasteiger partial charge on any atom is -0.376 e. The molecule has 1 rings (SSSR count).